The number of ether oxygens (including phenoxy) is 1. The molecule has 0 heterocycles. The van der Waals surface area contributed by atoms with Crippen LogP contribution in [0.4, 0.5) is 0 Å². The van der Waals surface area contributed by atoms with E-state index in [4.69, 9.17) is 10.00 Å². The first-order chi connectivity index (χ1) is 8.72. The van der Waals surface area contributed by atoms with Crippen molar-refractivity contribution in [2.75, 3.05) is 7.11 Å². The fourth-order valence-electron chi connectivity index (χ4n) is 1.45. The van der Waals surface area contributed by atoms with Crippen molar-refractivity contribution < 1.29 is 4.74 Å². The molecule has 0 N–H and O–H groups in total. The van der Waals surface area contributed by atoms with E-state index in [-0.39, 0.29) is 0 Å². The van der Waals surface area contributed by atoms with E-state index in [2.05, 4.69) is 22.0 Å². The van der Waals surface area contributed by atoms with Gasteiger partial charge in [-0.05, 0) is 42.5 Å². The van der Waals surface area contributed by atoms with Crippen LogP contribution in [0.25, 0.3) is 0 Å². The molecule has 0 aromatic heterocycles. The third kappa shape index (κ3) is 3.06. The van der Waals surface area contributed by atoms with Crippen molar-refractivity contribution in [2.24, 2.45) is 0 Å². The van der Waals surface area contributed by atoms with Gasteiger partial charge in [-0.2, -0.15) is 5.26 Å². The molecule has 0 aliphatic rings. The SMILES string of the molecule is COc1cc(C#N)ccc1Sc1ccc(Br)cc1. The van der Waals surface area contributed by atoms with Gasteiger partial charge in [0.15, 0.2) is 0 Å². The second-order valence-corrected chi connectivity index (χ2v) is 5.56. The summed E-state index contributed by atoms with van der Waals surface area (Å²) in [5.41, 5.74) is 0.604. The first kappa shape index (κ1) is 13.0. The molecule has 0 amide bonds. The zero-order valence-corrected chi connectivity index (χ0v) is 12.1. The summed E-state index contributed by atoms with van der Waals surface area (Å²) < 4.78 is 6.36. The molecule has 2 aromatic rings. The van der Waals surface area contributed by atoms with Gasteiger partial charge in [0, 0.05) is 9.37 Å². The summed E-state index contributed by atoms with van der Waals surface area (Å²) in [5.74, 6) is 0.724. The predicted molar refractivity (Wildman–Crippen MR) is 76.0 cm³/mol. The smallest absolute Gasteiger partial charge is 0.134 e. The molecule has 0 spiro atoms. The normalized spacial score (nSPS) is 9.83. The molecule has 18 heavy (non-hydrogen) atoms. The fourth-order valence-corrected chi connectivity index (χ4v) is 2.62. The summed E-state index contributed by atoms with van der Waals surface area (Å²) >= 11 is 5.02. The summed E-state index contributed by atoms with van der Waals surface area (Å²) in [4.78, 5) is 2.13. The zero-order chi connectivity index (χ0) is 13.0. The molecule has 0 fully saturated rings. The van der Waals surface area contributed by atoms with E-state index in [9.17, 15) is 0 Å². The van der Waals surface area contributed by atoms with Gasteiger partial charge in [0.05, 0.1) is 23.6 Å². The summed E-state index contributed by atoms with van der Waals surface area (Å²) in [7, 11) is 1.61. The van der Waals surface area contributed by atoms with E-state index >= 15 is 0 Å². The molecule has 0 aliphatic heterocycles. The van der Waals surface area contributed by atoms with Crippen LogP contribution >= 0.6 is 27.7 Å². The molecule has 2 aromatic carbocycles. The van der Waals surface area contributed by atoms with Crippen LogP contribution in [-0.4, -0.2) is 7.11 Å². The van der Waals surface area contributed by atoms with Crippen LogP contribution in [0.1, 0.15) is 5.56 Å². The average Bonchev–Trinajstić information content (AvgIpc) is 2.41. The first-order valence-electron chi connectivity index (χ1n) is 5.24. The lowest BCUT2D eigenvalue weighted by Gasteiger charge is -2.08. The Morgan fingerprint density at radius 1 is 1.17 bits per heavy atom. The molecular weight excluding hydrogens is 310 g/mol. The highest BCUT2D eigenvalue weighted by molar-refractivity contribution is 9.10. The summed E-state index contributed by atoms with van der Waals surface area (Å²) in [6.07, 6.45) is 0. The molecule has 0 radical (unpaired) electrons. The van der Waals surface area contributed by atoms with Gasteiger partial charge in [-0.3, -0.25) is 0 Å². The maximum absolute atomic E-state index is 8.85. The molecule has 90 valence electrons. The molecule has 0 atom stereocenters. The molecule has 0 bridgehead atoms. The van der Waals surface area contributed by atoms with Crippen LogP contribution in [0.15, 0.2) is 56.7 Å². The number of halogens is 1. The molecule has 2 nitrogen and oxygen atoms in total. The van der Waals surface area contributed by atoms with Gasteiger partial charge in [0.1, 0.15) is 5.75 Å². The lowest BCUT2D eigenvalue weighted by atomic mass is 10.2. The van der Waals surface area contributed by atoms with Gasteiger partial charge < -0.3 is 4.74 Å². The molecule has 0 saturated heterocycles. The van der Waals surface area contributed by atoms with Gasteiger partial charge in [-0.25, -0.2) is 0 Å². The average molecular weight is 320 g/mol. The minimum atomic E-state index is 0.604. The maximum Gasteiger partial charge on any atom is 0.134 e. The van der Waals surface area contributed by atoms with Gasteiger partial charge in [-0.1, -0.05) is 27.7 Å². The lowest BCUT2D eigenvalue weighted by Crippen LogP contribution is -1.87. The molecule has 4 heteroatoms. The van der Waals surface area contributed by atoms with E-state index in [1.807, 2.05) is 30.3 Å². The standard InChI is InChI=1S/C14H10BrNOS/c1-17-13-8-10(9-16)2-7-14(13)18-12-5-3-11(15)4-6-12/h2-8H,1H3. The fraction of sp³-hybridized carbons (Fsp3) is 0.0714. The van der Waals surface area contributed by atoms with Crippen molar-refractivity contribution >= 4 is 27.7 Å². The second-order valence-electron chi connectivity index (χ2n) is 3.53. The molecule has 0 unspecified atom stereocenters. The van der Waals surface area contributed by atoms with Crippen LogP contribution in [0.2, 0.25) is 0 Å². The maximum atomic E-state index is 8.85. The largest absolute Gasteiger partial charge is 0.496 e. The zero-order valence-electron chi connectivity index (χ0n) is 9.68. The van der Waals surface area contributed by atoms with Crippen molar-refractivity contribution in [1.29, 1.82) is 5.26 Å². The Morgan fingerprint density at radius 3 is 2.50 bits per heavy atom. The van der Waals surface area contributed by atoms with Crippen LogP contribution in [0, 0.1) is 11.3 Å². The quantitative estimate of drug-likeness (QED) is 0.836. The molecule has 0 saturated carbocycles. The van der Waals surface area contributed by atoms with Crippen LogP contribution in [0.5, 0.6) is 5.75 Å². The number of nitrogens with zero attached hydrogens (tertiary/aromatic N) is 1. The van der Waals surface area contributed by atoms with Gasteiger partial charge in [0.25, 0.3) is 0 Å². The first-order valence-corrected chi connectivity index (χ1v) is 6.85. The molecule has 2 rings (SSSR count). The number of methoxy groups -OCH3 is 1. The Kier molecular flexibility index (Phi) is 4.29. The van der Waals surface area contributed by atoms with Crippen molar-refractivity contribution in [2.45, 2.75) is 9.79 Å². The minimum Gasteiger partial charge on any atom is -0.496 e. The van der Waals surface area contributed by atoms with E-state index in [1.165, 1.54) is 0 Å². The van der Waals surface area contributed by atoms with Crippen LogP contribution < -0.4 is 4.74 Å². The number of benzene rings is 2. The molecular formula is C14H10BrNOS. The van der Waals surface area contributed by atoms with E-state index < -0.39 is 0 Å². The summed E-state index contributed by atoms with van der Waals surface area (Å²) in [6.45, 7) is 0. The van der Waals surface area contributed by atoms with Crippen molar-refractivity contribution in [3.8, 4) is 11.8 Å². The Balaban J connectivity index is 2.29. The number of nitriles is 1. The van der Waals surface area contributed by atoms with E-state index in [0.717, 1.165) is 20.0 Å². The number of hydrogen-bond donors (Lipinski definition) is 0. The molecule has 0 aliphatic carbocycles. The van der Waals surface area contributed by atoms with Gasteiger partial charge in [0.2, 0.25) is 0 Å². The minimum absolute atomic E-state index is 0.604. The van der Waals surface area contributed by atoms with Crippen molar-refractivity contribution in [1.82, 2.24) is 0 Å². The number of rotatable bonds is 3. The Morgan fingerprint density at radius 2 is 1.89 bits per heavy atom. The predicted octanol–water partition coefficient (Wildman–Crippen LogP) is 4.48. The third-order valence-corrected chi connectivity index (χ3v) is 3.93. The second kappa shape index (κ2) is 5.94. The third-order valence-electron chi connectivity index (χ3n) is 2.33. The van der Waals surface area contributed by atoms with E-state index in [1.54, 1.807) is 31.0 Å². The van der Waals surface area contributed by atoms with Crippen molar-refractivity contribution in [3.63, 3.8) is 0 Å². The van der Waals surface area contributed by atoms with Crippen LogP contribution in [0.3, 0.4) is 0 Å². The van der Waals surface area contributed by atoms with E-state index in [0.29, 0.717) is 5.56 Å². The highest BCUT2D eigenvalue weighted by Gasteiger charge is 2.06. The Labute approximate surface area is 119 Å². The highest BCUT2D eigenvalue weighted by atomic mass is 79.9. The Bertz CT molecular complexity index is 590. The van der Waals surface area contributed by atoms with Crippen molar-refractivity contribution in [3.05, 3.63) is 52.5 Å². The Hall–Kier alpha value is -1.44. The number of hydrogen-bond acceptors (Lipinski definition) is 3. The summed E-state index contributed by atoms with van der Waals surface area (Å²) in [5, 5.41) is 8.85. The summed E-state index contributed by atoms with van der Waals surface area (Å²) in [6, 6.07) is 15.6. The van der Waals surface area contributed by atoms with Gasteiger partial charge >= 0.3 is 0 Å². The van der Waals surface area contributed by atoms with Gasteiger partial charge in [-0.15, -0.1) is 0 Å². The highest BCUT2D eigenvalue weighted by Crippen LogP contribution is 2.35. The monoisotopic (exact) mass is 319 g/mol. The topological polar surface area (TPSA) is 33.0 Å². The lowest BCUT2D eigenvalue weighted by molar-refractivity contribution is 0.404. The van der Waals surface area contributed by atoms with Crippen LogP contribution in [-0.2, 0) is 0 Å².